The summed E-state index contributed by atoms with van der Waals surface area (Å²) in [5.41, 5.74) is 0. The van der Waals surface area contributed by atoms with Gasteiger partial charge in [0.25, 0.3) is 0 Å². The van der Waals surface area contributed by atoms with E-state index >= 15 is 0 Å². The highest BCUT2D eigenvalue weighted by Crippen LogP contribution is 2.18. The molecule has 0 aromatic heterocycles. The molecule has 0 aliphatic rings. The third-order valence-corrected chi connectivity index (χ3v) is 8.42. The number of hydrogen-bond donors (Lipinski definition) is 0. The van der Waals surface area contributed by atoms with Crippen molar-refractivity contribution < 1.29 is 4.43 Å². The van der Waals surface area contributed by atoms with Crippen LogP contribution in [0.25, 0.3) is 0 Å². The van der Waals surface area contributed by atoms with Crippen molar-refractivity contribution in [3.63, 3.8) is 0 Å². The van der Waals surface area contributed by atoms with E-state index in [1.165, 1.54) is 128 Å². The molecule has 0 aromatic carbocycles. The molecule has 0 amide bonds. The molecule has 1 nitrogen and oxygen atoms in total. The van der Waals surface area contributed by atoms with Crippen LogP contribution in [-0.4, -0.2) is 14.9 Å². The van der Waals surface area contributed by atoms with Crippen LogP contribution in [0.1, 0.15) is 136 Å². The maximum atomic E-state index is 6.19. The summed E-state index contributed by atoms with van der Waals surface area (Å²) in [5, 5.41) is 0. The second-order valence-corrected chi connectivity index (χ2v) is 13.7. The maximum Gasteiger partial charge on any atom is 0.186 e. The Kier molecular flexibility index (Phi) is 21.0. The van der Waals surface area contributed by atoms with Crippen LogP contribution in [0.4, 0.5) is 0 Å². The molecule has 0 aromatic rings. The molecule has 164 valence electrons. The molecule has 0 spiro atoms. The van der Waals surface area contributed by atoms with Crippen LogP contribution < -0.4 is 0 Å². The molecule has 0 unspecified atom stereocenters. The molecule has 27 heavy (non-hydrogen) atoms. The smallest absolute Gasteiger partial charge is 0.186 e. The second-order valence-electron chi connectivity index (χ2n) is 9.37. The highest BCUT2D eigenvalue weighted by molar-refractivity contribution is 6.71. The van der Waals surface area contributed by atoms with Crippen LogP contribution >= 0.6 is 0 Å². The monoisotopic (exact) mass is 398 g/mol. The van der Waals surface area contributed by atoms with Gasteiger partial charge < -0.3 is 4.43 Å². The van der Waals surface area contributed by atoms with E-state index < -0.39 is 8.32 Å². The highest BCUT2D eigenvalue weighted by Gasteiger charge is 2.21. The standard InChI is InChI=1S/C25H54OSi/c1-5-7-9-10-11-12-13-14-15-16-17-18-19-20-21-23-25-27(3,4)26-24-22-8-6-2/h5-25H2,1-4H3. The Bertz CT molecular complexity index is 277. The van der Waals surface area contributed by atoms with E-state index in [2.05, 4.69) is 26.9 Å². The van der Waals surface area contributed by atoms with Crippen LogP contribution in [0.15, 0.2) is 0 Å². The summed E-state index contributed by atoms with van der Waals surface area (Å²) < 4.78 is 6.19. The number of unbranched alkanes of at least 4 members (excludes halogenated alkanes) is 17. The third kappa shape index (κ3) is 22.3. The molecule has 0 bridgehead atoms. The van der Waals surface area contributed by atoms with Crippen LogP contribution in [-0.2, 0) is 4.43 Å². The Hall–Kier alpha value is 0.177. The highest BCUT2D eigenvalue weighted by atomic mass is 28.4. The van der Waals surface area contributed by atoms with Gasteiger partial charge in [0.2, 0.25) is 0 Å². The predicted octanol–water partition coefficient (Wildman–Crippen LogP) is 9.66. The van der Waals surface area contributed by atoms with Crippen molar-refractivity contribution in [1.29, 1.82) is 0 Å². The molecule has 0 rings (SSSR count). The molecule has 0 atom stereocenters. The predicted molar refractivity (Wildman–Crippen MR) is 127 cm³/mol. The Balaban J connectivity index is 3.20. The van der Waals surface area contributed by atoms with Gasteiger partial charge in [0.15, 0.2) is 8.32 Å². The average Bonchev–Trinajstić information content (AvgIpc) is 2.65. The van der Waals surface area contributed by atoms with E-state index in [1.807, 2.05) is 0 Å². The summed E-state index contributed by atoms with van der Waals surface area (Å²) in [6.45, 7) is 10.4. The zero-order valence-corrected chi connectivity index (χ0v) is 20.8. The summed E-state index contributed by atoms with van der Waals surface area (Å²) in [4.78, 5) is 0. The largest absolute Gasteiger partial charge is 0.417 e. The van der Waals surface area contributed by atoms with Gasteiger partial charge in [-0.25, -0.2) is 0 Å². The van der Waals surface area contributed by atoms with Gasteiger partial charge in [-0.05, 0) is 25.6 Å². The van der Waals surface area contributed by atoms with E-state index in [0.717, 1.165) is 6.61 Å². The zero-order valence-electron chi connectivity index (χ0n) is 19.8. The average molecular weight is 399 g/mol. The van der Waals surface area contributed by atoms with E-state index in [1.54, 1.807) is 0 Å². The zero-order chi connectivity index (χ0) is 20.1. The normalized spacial score (nSPS) is 12.0. The van der Waals surface area contributed by atoms with Gasteiger partial charge in [-0.15, -0.1) is 0 Å². The molecule has 0 aliphatic heterocycles. The molecular weight excluding hydrogens is 344 g/mol. The summed E-state index contributed by atoms with van der Waals surface area (Å²) in [6.07, 6.45) is 27.1. The first-order chi connectivity index (χ1) is 13.1. The molecule has 0 radical (unpaired) electrons. The summed E-state index contributed by atoms with van der Waals surface area (Å²) in [7, 11) is -1.36. The van der Waals surface area contributed by atoms with E-state index in [4.69, 9.17) is 4.43 Å². The summed E-state index contributed by atoms with van der Waals surface area (Å²) >= 11 is 0. The minimum Gasteiger partial charge on any atom is -0.417 e. The van der Waals surface area contributed by atoms with Crippen LogP contribution in [0.3, 0.4) is 0 Å². The SMILES string of the molecule is CCCCCCCCCCCCCCCCCC[Si](C)(C)OCCCCC. The third-order valence-electron chi connectivity index (χ3n) is 5.87. The Labute approximate surface area is 174 Å². The van der Waals surface area contributed by atoms with Gasteiger partial charge >= 0.3 is 0 Å². The summed E-state index contributed by atoms with van der Waals surface area (Å²) in [5.74, 6) is 0. The first-order valence-corrected chi connectivity index (χ1v) is 15.9. The Morgan fingerprint density at radius 2 is 0.778 bits per heavy atom. The van der Waals surface area contributed by atoms with Crippen molar-refractivity contribution in [2.75, 3.05) is 6.61 Å². The summed E-state index contributed by atoms with van der Waals surface area (Å²) in [6, 6.07) is 1.36. The first kappa shape index (κ1) is 27.2. The molecule has 0 saturated carbocycles. The molecule has 0 N–H and O–H groups in total. The maximum absolute atomic E-state index is 6.19. The van der Waals surface area contributed by atoms with Crippen LogP contribution in [0.2, 0.25) is 19.1 Å². The molecular formula is C25H54OSi. The lowest BCUT2D eigenvalue weighted by Gasteiger charge is -2.22. The van der Waals surface area contributed by atoms with Gasteiger partial charge in [0, 0.05) is 6.61 Å². The van der Waals surface area contributed by atoms with Crippen molar-refractivity contribution >= 4 is 8.32 Å². The lowest BCUT2D eigenvalue weighted by atomic mass is 10.0. The molecule has 0 fully saturated rings. The van der Waals surface area contributed by atoms with Crippen molar-refractivity contribution in [2.24, 2.45) is 0 Å². The van der Waals surface area contributed by atoms with E-state index in [-0.39, 0.29) is 0 Å². The minimum atomic E-state index is -1.36. The minimum absolute atomic E-state index is 1.01. The van der Waals surface area contributed by atoms with Crippen molar-refractivity contribution in [3.05, 3.63) is 0 Å². The number of rotatable bonds is 22. The fourth-order valence-corrected chi connectivity index (χ4v) is 5.81. The second kappa shape index (κ2) is 20.9. The van der Waals surface area contributed by atoms with Crippen molar-refractivity contribution in [1.82, 2.24) is 0 Å². The van der Waals surface area contributed by atoms with Crippen LogP contribution in [0, 0.1) is 0 Å². The lowest BCUT2D eigenvalue weighted by molar-refractivity contribution is 0.294. The quantitative estimate of drug-likeness (QED) is 0.130. The fourth-order valence-electron chi connectivity index (χ4n) is 3.87. The van der Waals surface area contributed by atoms with Gasteiger partial charge in [0.1, 0.15) is 0 Å². The first-order valence-electron chi connectivity index (χ1n) is 12.8. The van der Waals surface area contributed by atoms with Gasteiger partial charge in [-0.2, -0.15) is 0 Å². The van der Waals surface area contributed by atoms with Crippen molar-refractivity contribution in [2.45, 2.75) is 155 Å². The molecule has 0 heterocycles. The van der Waals surface area contributed by atoms with Crippen molar-refractivity contribution in [3.8, 4) is 0 Å². The Morgan fingerprint density at radius 3 is 1.19 bits per heavy atom. The van der Waals surface area contributed by atoms with Gasteiger partial charge in [-0.3, -0.25) is 0 Å². The van der Waals surface area contributed by atoms with Crippen LogP contribution in [0.5, 0.6) is 0 Å². The topological polar surface area (TPSA) is 9.23 Å². The lowest BCUT2D eigenvalue weighted by Crippen LogP contribution is -2.30. The Morgan fingerprint density at radius 1 is 0.444 bits per heavy atom. The number of hydrogen-bond acceptors (Lipinski definition) is 1. The van der Waals surface area contributed by atoms with E-state index in [0.29, 0.717) is 0 Å². The van der Waals surface area contributed by atoms with E-state index in [9.17, 15) is 0 Å². The van der Waals surface area contributed by atoms with Gasteiger partial charge in [0.05, 0.1) is 0 Å². The van der Waals surface area contributed by atoms with Gasteiger partial charge in [-0.1, -0.05) is 129 Å². The fraction of sp³-hybridized carbons (Fsp3) is 1.00. The molecule has 0 aliphatic carbocycles. The molecule has 2 heteroatoms. The molecule has 0 saturated heterocycles.